The number of carboxylic acid groups (broad SMARTS) is 1. The first-order chi connectivity index (χ1) is 14.4. The largest absolute Gasteiger partial charge is 0.478 e. The van der Waals surface area contributed by atoms with Gasteiger partial charge >= 0.3 is 5.97 Å². The third-order valence-electron chi connectivity index (χ3n) is 5.41. The summed E-state index contributed by atoms with van der Waals surface area (Å²) < 4.78 is 6.25. The number of aromatic carboxylic acids is 1. The van der Waals surface area contributed by atoms with Crippen molar-refractivity contribution in [3.63, 3.8) is 0 Å². The molecule has 0 radical (unpaired) electrons. The van der Waals surface area contributed by atoms with E-state index in [9.17, 15) is 14.7 Å². The molecule has 1 atom stereocenters. The molecule has 1 fully saturated rings. The topological polar surface area (TPSA) is 94.8 Å². The molecular weight excluding hydrogens is 382 g/mol. The summed E-state index contributed by atoms with van der Waals surface area (Å²) in [4.78, 5) is 26.5. The Morgan fingerprint density at radius 3 is 2.67 bits per heavy atom. The number of hydrogen-bond acceptors (Lipinski definition) is 6. The van der Waals surface area contributed by atoms with Crippen molar-refractivity contribution in [2.75, 3.05) is 36.4 Å². The van der Waals surface area contributed by atoms with E-state index in [0.717, 1.165) is 37.3 Å². The lowest BCUT2D eigenvalue weighted by Gasteiger charge is -2.28. The van der Waals surface area contributed by atoms with Gasteiger partial charge in [0.2, 0.25) is 0 Å². The van der Waals surface area contributed by atoms with Crippen LogP contribution in [0.4, 0.5) is 11.6 Å². The van der Waals surface area contributed by atoms with Crippen LogP contribution in [0.25, 0.3) is 11.0 Å². The summed E-state index contributed by atoms with van der Waals surface area (Å²) in [6.45, 7) is 7.10. The van der Waals surface area contributed by atoms with Crippen molar-refractivity contribution in [3.8, 4) is 0 Å². The first-order valence-electron chi connectivity index (χ1n) is 10.1. The van der Waals surface area contributed by atoms with Gasteiger partial charge in [0.25, 0.3) is 0 Å². The molecule has 1 aromatic heterocycles. The quantitative estimate of drug-likeness (QED) is 0.597. The minimum absolute atomic E-state index is 0.0760. The zero-order valence-corrected chi connectivity index (χ0v) is 17.1. The standard InChI is InChI=1S/C23H25N3O4/c1-14-11-17(15(2)25-19-6-4-3-5-16(19)23(28)29)22-18(12-14)20(27)13-21(30-22)26-9-7-24-8-10-26/h3-6,11-13,15,24-25H,7-10H2,1-2H3,(H,28,29). The molecule has 4 rings (SSSR count). The van der Waals surface area contributed by atoms with E-state index >= 15 is 0 Å². The van der Waals surface area contributed by atoms with Gasteiger partial charge in [-0.15, -0.1) is 0 Å². The number of fused-ring (bicyclic) bond motifs is 1. The predicted molar refractivity (Wildman–Crippen MR) is 118 cm³/mol. The van der Waals surface area contributed by atoms with Gasteiger partial charge in [0.15, 0.2) is 11.3 Å². The lowest BCUT2D eigenvalue weighted by molar-refractivity contribution is 0.0698. The van der Waals surface area contributed by atoms with Gasteiger partial charge in [0, 0.05) is 43.5 Å². The number of hydrogen-bond donors (Lipinski definition) is 3. The molecule has 1 unspecified atom stereocenters. The van der Waals surface area contributed by atoms with Crippen LogP contribution in [0.1, 0.15) is 34.5 Å². The summed E-state index contributed by atoms with van der Waals surface area (Å²) in [6.07, 6.45) is 0. The molecule has 3 aromatic rings. The van der Waals surface area contributed by atoms with Crippen LogP contribution >= 0.6 is 0 Å². The minimum Gasteiger partial charge on any atom is -0.478 e. The Balaban J connectivity index is 1.78. The van der Waals surface area contributed by atoms with Crippen LogP contribution in [0.5, 0.6) is 0 Å². The van der Waals surface area contributed by atoms with Crippen LogP contribution in [0.3, 0.4) is 0 Å². The second-order valence-electron chi connectivity index (χ2n) is 7.63. The number of nitrogens with zero attached hydrogens (tertiary/aromatic N) is 1. The molecule has 0 aliphatic carbocycles. The molecule has 1 aliphatic heterocycles. The zero-order valence-electron chi connectivity index (χ0n) is 17.1. The van der Waals surface area contributed by atoms with E-state index in [2.05, 4.69) is 15.5 Å². The SMILES string of the molecule is Cc1cc(C(C)Nc2ccccc2C(=O)O)c2oc(N3CCNCC3)cc(=O)c2c1. The smallest absolute Gasteiger partial charge is 0.337 e. The molecule has 156 valence electrons. The number of anilines is 2. The highest BCUT2D eigenvalue weighted by Gasteiger charge is 2.20. The van der Waals surface area contributed by atoms with Gasteiger partial charge in [-0.05, 0) is 37.6 Å². The highest BCUT2D eigenvalue weighted by Crippen LogP contribution is 2.30. The number of nitrogens with one attached hydrogen (secondary N) is 2. The van der Waals surface area contributed by atoms with E-state index in [-0.39, 0.29) is 17.0 Å². The maximum atomic E-state index is 12.9. The zero-order chi connectivity index (χ0) is 21.3. The highest BCUT2D eigenvalue weighted by molar-refractivity contribution is 5.94. The molecule has 30 heavy (non-hydrogen) atoms. The average molecular weight is 407 g/mol. The fourth-order valence-electron chi connectivity index (χ4n) is 3.89. The van der Waals surface area contributed by atoms with Crippen molar-refractivity contribution in [1.29, 1.82) is 0 Å². The molecular formula is C23H25N3O4. The third kappa shape index (κ3) is 3.89. The van der Waals surface area contributed by atoms with Crippen LogP contribution in [0.15, 0.2) is 51.7 Å². The molecule has 1 aliphatic rings. The fraction of sp³-hybridized carbons (Fsp3) is 0.304. The summed E-state index contributed by atoms with van der Waals surface area (Å²) in [5, 5.41) is 16.6. The van der Waals surface area contributed by atoms with Crippen molar-refractivity contribution in [2.45, 2.75) is 19.9 Å². The summed E-state index contributed by atoms with van der Waals surface area (Å²) in [5.74, 6) is -0.427. The van der Waals surface area contributed by atoms with Gasteiger partial charge in [-0.25, -0.2) is 4.79 Å². The Morgan fingerprint density at radius 2 is 1.93 bits per heavy atom. The normalized spacial score (nSPS) is 15.2. The van der Waals surface area contributed by atoms with Gasteiger partial charge in [-0.2, -0.15) is 0 Å². The highest BCUT2D eigenvalue weighted by atomic mass is 16.4. The van der Waals surface area contributed by atoms with Crippen molar-refractivity contribution in [3.05, 3.63) is 69.4 Å². The van der Waals surface area contributed by atoms with Gasteiger partial charge in [0.05, 0.1) is 17.0 Å². The molecule has 0 bridgehead atoms. The summed E-state index contributed by atoms with van der Waals surface area (Å²) in [7, 11) is 0. The van der Waals surface area contributed by atoms with Crippen LogP contribution in [0.2, 0.25) is 0 Å². The Kier molecular flexibility index (Phi) is 5.46. The molecule has 2 aromatic carbocycles. The van der Waals surface area contributed by atoms with E-state index in [1.54, 1.807) is 30.3 Å². The summed E-state index contributed by atoms with van der Waals surface area (Å²) in [5.41, 5.74) is 2.94. The molecule has 1 saturated heterocycles. The van der Waals surface area contributed by atoms with Gasteiger partial charge in [-0.3, -0.25) is 4.79 Å². The van der Waals surface area contributed by atoms with Crippen molar-refractivity contribution < 1.29 is 14.3 Å². The first-order valence-corrected chi connectivity index (χ1v) is 10.1. The molecule has 7 heteroatoms. The van der Waals surface area contributed by atoms with Crippen LogP contribution in [0, 0.1) is 6.92 Å². The number of piperazine rings is 1. The van der Waals surface area contributed by atoms with Crippen molar-refractivity contribution in [2.24, 2.45) is 0 Å². The summed E-state index contributed by atoms with van der Waals surface area (Å²) >= 11 is 0. The van der Waals surface area contributed by atoms with Gasteiger partial charge < -0.3 is 25.1 Å². The number of carboxylic acids is 1. The Labute approximate surface area is 174 Å². The number of carbonyl (C=O) groups is 1. The Morgan fingerprint density at radius 1 is 1.20 bits per heavy atom. The maximum absolute atomic E-state index is 12.9. The monoisotopic (exact) mass is 407 g/mol. The van der Waals surface area contributed by atoms with Crippen LogP contribution in [-0.4, -0.2) is 37.3 Å². The van der Waals surface area contributed by atoms with Crippen LogP contribution < -0.4 is 21.0 Å². The van der Waals surface area contributed by atoms with Crippen molar-refractivity contribution in [1.82, 2.24) is 5.32 Å². The van der Waals surface area contributed by atoms with E-state index < -0.39 is 5.97 Å². The Bertz CT molecular complexity index is 1150. The number of aryl methyl sites for hydroxylation is 1. The van der Waals surface area contributed by atoms with E-state index in [0.29, 0.717) is 22.5 Å². The molecule has 0 amide bonds. The molecule has 2 heterocycles. The van der Waals surface area contributed by atoms with Crippen molar-refractivity contribution >= 4 is 28.5 Å². The first kappa shape index (κ1) is 20.0. The van der Waals surface area contributed by atoms with E-state index in [1.165, 1.54) is 0 Å². The Hall–Kier alpha value is -3.32. The molecule has 0 spiro atoms. The average Bonchev–Trinajstić information content (AvgIpc) is 2.74. The third-order valence-corrected chi connectivity index (χ3v) is 5.41. The minimum atomic E-state index is -0.994. The van der Waals surface area contributed by atoms with E-state index in [1.807, 2.05) is 26.0 Å². The summed E-state index contributed by atoms with van der Waals surface area (Å²) in [6, 6.07) is 11.9. The van der Waals surface area contributed by atoms with Gasteiger partial charge in [0.1, 0.15) is 5.58 Å². The molecule has 3 N–H and O–H groups in total. The lowest BCUT2D eigenvalue weighted by Crippen LogP contribution is -2.43. The predicted octanol–water partition coefficient (Wildman–Crippen LogP) is 3.38. The number of rotatable bonds is 5. The van der Waals surface area contributed by atoms with E-state index in [4.69, 9.17) is 4.42 Å². The fourth-order valence-corrected chi connectivity index (χ4v) is 3.89. The van der Waals surface area contributed by atoms with Gasteiger partial charge in [-0.1, -0.05) is 18.2 Å². The number of para-hydroxylation sites is 1. The number of benzene rings is 2. The molecule has 0 saturated carbocycles. The lowest BCUT2D eigenvalue weighted by atomic mass is 10.0. The maximum Gasteiger partial charge on any atom is 0.337 e. The molecule has 7 nitrogen and oxygen atoms in total. The van der Waals surface area contributed by atoms with Crippen LogP contribution in [-0.2, 0) is 0 Å². The second kappa shape index (κ2) is 8.20. The second-order valence-corrected chi connectivity index (χ2v) is 7.63.